The van der Waals surface area contributed by atoms with Crippen molar-refractivity contribution in [2.24, 2.45) is 5.92 Å². The van der Waals surface area contributed by atoms with E-state index in [0.29, 0.717) is 6.04 Å². The molecule has 3 atom stereocenters. The average molecular weight is 280 g/mol. The fourth-order valence-corrected chi connectivity index (χ4v) is 3.58. The molecule has 0 aromatic heterocycles. The number of Topliss-reactive ketones (excluding diaryl/α,β-unsaturated/α-hetero) is 1. The Morgan fingerprint density at radius 2 is 1.85 bits per heavy atom. The molecule has 4 heteroatoms. The fraction of sp³-hybridized carbons (Fsp3) is 0.875. The summed E-state index contributed by atoms with van der Waals surface area (Å²) in [5.74, 6) is 0.384. The van der Waals surface area contributed by atoms with Crippen molar-refractivity contribution in [3.05, 3.63) is 0 Å². The van der Waals surface area contributed by atoms with Crippen LogP contribution in [-0.4, -0.2) is 40.8 Å². The Morgan fingerprint density at radius 1 is 1.15 bits per heavy atom. The van der Waals surface area contributed by atoms with Crippen LogP contribution in [-0.2, 0) is 9.59 Å². The van der Waals surface area contributed by atoms with Crippen LogP contribution >= 0.6 is 0 Å². The summed E-state index contributed by atoms with van der Waals surface area (Å²) in [6, 6.07) is 0.291. The lowest BCUT2D eigenvalue weighted by atomic mass is 9.99. The second-order valence-corrected chi connectivity index (χ2v) is 6.85. The Hall–Kier alpha value is -0.900. The molecular formula is C16H28N2O2. The monoisotopic (exact) mass is 280 g/mol. The molecule has 0 radical (unpaired) electrons. The SMILES string of the molecule is CC(C)NC1CCCC2CCC(C(=O)C(C)C)N2C1=O. The minimum Gasteiger partial charge on any atom is -0.328 e. The standard InChI is InChI=1S/C16H28N2O2/c1-10(2)15(19)14-9-8-12-6-5-7-13(17-11(3)4)16(20)18(12)14/h10-14,17H,5-9H2,1-4H3. The summed E-state index contributed by atoms with van der Waals surface area (Å²) in [5.41, 5.74) is 0. The molecule has 2 rings (SSSR count). The summed E-state index contributed by atoms with van der Waals surface area (Å²) in [7, 11) is 0. The van der Waals surface area contributed by atoms with Crippen molar-refractivity contribution >= 4 is 11.7 Å². The van der Waals surface area contributed by atoms with Crippen LogP contribution in [0.25, 0.3) is 0 Å². The number of amides is 1. The first-order chi connectivity index (χ1) is 9.41. The van der Waals surface area contributed by atoms with Crippen molar-refractivity contribution in [1.29, 1.82) is 0 Å². The number of carbonyl (C=O) groups excluding carboxylic acids is 2. The van der Waals surface area contributed by atoms with E-state index >= 15 is 0 Å². The van der Waals surface area contributed by atoms with E-state index in [4.69, 9.17) is 0 Å². The predicted octanol–water partition coefficient (Wildman–Crippen LogP) is 2.12. The summed E-state index contributed by atoms with van der Waals surface area (Å²) < 4.78 is 0. The minimum atomic E-state index is -0.179. The maximum Gasteiger partial charge on any atom is 0.240 e. The van der Waals surface area contributed by atoms with Crippen LogP contribution < -0.4 is 5.32 Å². The maximum atomic E-state index is 12.8. The first kappa shape index (κ1) is 15.5. The number of ketones is 1. The van der Waals surface area contributed by atoms with Gasteiger partial charge in [0.1, 0.15) is 0 Å². The molecule has 2 aliphatic rings. The highest BCUT2D eigenvalue weighted by Crippen LogP contribution is 2.33. The molecule has 0 spiro atoms. The van der Waals surface area contributed by atoms with Crippen molar-refractivity contribution < 1.29 is 9.59 Å². The van der Waals surface area contributed by atoms with E-state index in [1.165, 1.54) is 0 Å². The predicted molar refractivity (Wildman–Crippen MR) is 79.4 cm³/mol. The van der Waals surface area contributed by atoms with Gasteiger partial charge in [0.2, 0.25) is 5.91 Å². The van der Waals surface area contributed by atoms with Crippen LogP contribution in [0.3, 0.4) is 0 Å². The van der Waals surface area contributed by atoms with Crippen molar-refractivity contribution in [2.75, 3.05) is 0 Å². The van der Waals surface area contributed by atoms with Crippen LogP contribution in [0.5, 0.6) is 0 Å². The van der Waals surface area contributed by atoms with E-state index in [0.717, 1.165) is 32.1 Å². The number of nitrogens with zero attached hydrogens (tertiary/aromatic N) is 1. The Labute approximate surface area is 122 Å². The first-order valence-corrected chi connectivity index (χ1v) is 8.03. The van der Waals surface area contributed by atoms with Gasteiger partial charge in [-0.3, -0.25) is 9.59 Å². The van der Waals surface area contributed by atoms with Crippen molar-refractivity contribution in [2.45, 2.75) is 84.0 Å². The van der Waals surface area contributed by atoms with Gasteiger partial charge >= 0.3 is 0 Å². The number of hydrogen-bond donors (Lipinski definition) is 1. The van der Waals surface area contributed by atoms with Gasteiger partial charge in [0.25, 0.3) is 0 Å². The Balaban J connectivity index is 2.18. The van der Waals surface area contributed by atoms with Gasteiger partial charge in [-0.1, -0.05) is 27.7 Å². The normalized spacial score (nSPS) is 30.8. The number of carbonyl (C=O) groups is 2. The lowest BCUT2D eigenvalue weighted by Gasteiger charge is -2.31. The zero-order valence-electron chi connectivity index (χ0n) is 13.2. The highest BCUT2D eigenvalue weighted by molar-refractivity contribution is 5.92. The zero-order chi connectivity index (χ0) is 14.9. The highest BCUT2D eigenvalue weighted by atomic mass is 16.2. The van der Waals surface area contributed by atoms with E-state index in [-0.39, 0.29) is 35.7 Å². The molecule has 3 unspecified atom stereocenters. The van der Waals surface area contributed by atoms with E-state index in [9.17, 15) is 9.59 Å². The highest BCUT2D eigenvalue weighted by Gasteiger charge is 2.44. The smallest absolute Gasteiger partial charge is 0.240 e. The van der Waals surface area contributed by atoms with Crippen molar-refractivity contribution in [3.8, 4) is 0 Å². The largest absolute Gasteiger partial charge is 0.328 e. The van der Waals surface area contributed by atoms with Crippen LogP contribution in [0.15, 0.2) is 0 Å². The minimum absolute atomic E-state index is 0.00584. The molecule has 2 aliphatic heterocycles. The third kappa shape index (κ3) is 3.05. The summed E-state index contributed by atoms with van der Waals surface area (Å²) in [4.78, 5) is 27.1. The number of rotatable bonds is 4. The molecule has 0 bridgehead atoms. The van der Waals surface area contributed by atoms with E-state index in [1.54, 1.807) is 0 Å². The van der Waals surface area contributed by atoms with Gasteiger partial charge in [0.15, 0.2) is 5.78 Å². The topological polar surface area (TPSA) is 49.4 Å². The fourth-order valence-electron chi connectivity index (χ4n) is 3.58. The number of nitrogens with one attached hydrogen (secondary N) is 1. The second kappa shape index (κ2) is 6.25. The molecule has 1 amide bonds. The molecule has 1 N–H and O–H groups in total. The van der Waals surface area contributed by atoms with Crippen LogP contribution in [0.1, 0.15) is 59.8 Å². The van der Waals surface area contributed by atoms with Crippen molar-refractivity contribution in [3.63, 3.8) is 0 Å². The lowest BCUT2D eigenvalue weighted by Crippen LogP contribution is -2.53. The van der Waals surface area contributed by atoms with Gasteiger partial charge in [-0.05, 0) is 32.1 Å². The van der Waals surface area contributed by atoms with E-state index in [1.807, 2.05) is 18.7 Å². The molecular weight excluding hydrogens is 252 g/mol. The van der Waals surface area contributed by atoms with Crippen LogP contribution in [0.2, 0.25) is 0 Å². The molecule has 0 aliphatic carbocycles. The molecule has 0 aromatic rings. The van der Waals surface area contributed by atoms with Gasteiger partial charge in [0, 0.05) is 18.0 Å². The van der Waals surface area contributed by atoms with Gasteiger partial charge < -0.3 is 10.2 Å². The number of fused-ring (bicyclic) bond motifs is 1. The Bertz CT molecular complexity index is 379. The van der Waals surface area contributed by atoms with Gasteiger partial charge in [0.05, 0.1) is 12.1 Å². The third-order valence-corrected chi connectivity index (χ3v) is 4.52. The number of hydrogen-bond acceptors (Lipinski definition) is 3. The van der Waals surface area contributed by atoms with E-state index in [2.05, 4.69) is 19.2 Å². The molecule has 2 fully saturated rings. The maximum absolute atomic E-state index is 12.8. The molecule has 4 nitrogen and oxygen atoms in total. The van der Waals surface area contributed by atoms with Crippen molar-refractivity contribution in [1.82, 2.24) is 10.2 Å². The molecule has 2 heterocycles. The summed E-state index contributed by atoms with van der Waals surface area (Å²) in [6.45, 7) is 8.00. The molecule has 0 saturated carbocycles. The molecule has 0 aromatic carbocycles. The second-order valence-electron chi connectivity index (χ2n) is 6.85. The summed E-state index contributed by atoms with van der Waals surface area (Å²) >= 11 is 0. The van der Waals surface area contributed by atoms with Gasteiger partial charge in [-0.25, -0.2) is 0 Å². The van der Waals surface area contributed by atoms with E-state index < -0.39 is 0 Å². The summed E-state index contributed by atoms with van der Waals surface area (Å²) in [6.07, 6.45) is 4.85. The van der Waals surface area contributed by atoms with Gasteiger partial charge in [-0.15, -0.1) is 0 Å². The van der Waals surface area contributed by atoms with Crippen LogP contribution in [0, 0.1) is 5.92 Å². The van der Waals surface area contributed by atoms with Gasteiger partial charge in [-0.2, -0.15) is 0 Å². The van der Waals surface area contributed by atoms with Crippen LogP contribution in [0.4, 0.5) is 0 Å². The molecule has 20 heavy (non-hydrogen) atoms. The Kier molecular flexibility index (Phi) is 4.84. The lowest BCUT2D eigenvalue weighted by molar-refractivity contribution is -0.141. The first-order valence-electron chi connectivity index (χ1n) is 8.03. The average Bonchev–Trinajstić information content (AvgIpc) is 2.72. The Morgan fingerprint density at radius 3 is 2.45 bits per heavy atom. The quantitative estimate of drug-likeness (QED) is 0.858. The molecule has 2 saturated heterocycles. The summed E-state index contributed by atoms with van der Waals surface area (Å²) in [5, 5.41) is 3.37. The zero-order valence-corrected chi connectivity index (χ0v) is 13.2. The molecule has 114 valence electrons. The third-order valence-electron chi connectivity index (χ3n) is 4.52.